The summed E-state index contributed by atoms with van der Waals surface area (Å²) in [5.41, 5.74) is 6.91. The van der Waals surface area contributed by atoms with Gasteiger partial charge < -0.3 is 0 Å². The summed E-state index contributed by atoms with van der Waals surface area (Å²) in [6.45, 7) is 2.09. The van der Waals surface area contributed by atoms with Gasteiger partial charge >= 0.3 is 0 Å². The van der Waals surface area contributed by atoms with Gasteiger partial charge in [0.2, 0.25) is 0 Å². The molecule has 3 rings (SSSR count). The Morgan fingerprint density at radius 3 is 2.58 bits per heavy atom. The molecular weight excluding hydrogens is 256 g/mol. The average Bonchev–Trinajstić information content (AvgIpc) is 2.86. The molecule has 0 radical (unpaired) electrons. The molecule has 19 heavy (non-hydrogen) atoms. The van der Waals surface area contributed by atoms with Gasteiger partial charge in [0, 0.05) is 17.3 Å². The van der Waals surface area contributed by atoms with Crippen molar-refractivity contribution in [3.05, 3.63) is 58.0 Å². The molecule has 2 aromatic heterocycles. The summed E-state index contributed by atoms with van der Waals surface area (Å²) < 4.78 is 0. The number of hydrogen-bond donors (Lipinski definition) is 2. The molecule has 0 fully saturated rings. The number of rotatable bonds is 3. The molecule has 3 N–H and O–H groups in total. The number of hydrogen-bond acceptors (Lipinski definition) is 5. The first-order valence-corrected chi connectivity index (χ1v) is 6.88. The summed E-state index contributed by atoms with van der Waals surface area (Å²) >= 11 is 1.72. The van der Waals surface area contributed by atoms with E-state index in [1.165, 1.54) is 10.4 Å². The van der Waals surface area contributed by atoms with E-state index in [0.29, 0.717) is 0 Å². The Kier molecular flexibility index (Phi) is 3.25. The van der Waals surface area contributed by atoms with Crippen molar-refractivity contribution in [2.45, 2.75) is 13.0 Å². The van der Waals surface area contributed by atoms with Gasteiger partial charge in [-0.3, -0.25) is 15.8 Å². The second-order valence-corrected chi connectivity index (χ2v) is 5.51. The molecule has 5 heteroatoms. The molecule has 0 aliphatic heterocycles. The lowest BCUT2D eigenvalue weighted by molar-refractivity contribution is 0.639. The first kappa shape index (κ1) is 12.2. The number of nitrogens with one attached hydrogen (secondary N) is 1. The lowest BCUT2D eigenvalue weighted by atomic mass is 10.0. The van der Waals surface area contributed by atoms with Crippen molar-refractivity contribution in [2.75, 3.05) is 0 Å². The largest absolute Gasteiger partial charge is 0.271 e. The standard InChI is InChI=1S/C14H14N4S/c1-9-6-11(8-19-9)14(18-15)10-2-3-12-13(7-10)17-5-4-16-12/h2-8,14,18H,15H2,1H3. The Balaban J connectivity index is 2.06. The predicted octanol–water partition coefficient (Wildman–Crippen LogP) is 2.55. The minimum atomic E-state index is -0.0173. The van der Waals surface area contributed by atoms with Crippen LogP contribution in [0.2, 0.25) is 0 Å². The predicted molar refractivity (Wildman–Crippen MR) is 77.8 cm³/mol. The van der Waals surface area contributed by atoms with Gasteiger partial charge in [-0.2, -0.15) is 0 Å². The fraction of sp³-hybridized carbons (Fsp3) is 0.143. The number of thiophene rings is 1. The highest BCUT2D eigenvalue weighted by Gasteiger charge is 2.14. The molecular formula is C14H14N4S. The van der Waals surface area contributed by atoms with Gasteiger partial charge in [0.15, 0.2) is 0 Å². The van der Waals surface area contributed by atoms with E-state index >= 15 is 0 Å². The Morgan fingerprint density at radius 2 is 1.89 bits per heavy atom. The van der Waals surface area contributed by atoms with Crippen LogP contribution >= 0.6 is 11.3 Å². The van der Waals surface area contributed by atoms with Gasteiger partial charge in [-0.1, -0.05) is 6.07 Å². The Labute approximate surface area is 115 Å². The van der Waals surface area contributed by atoms with Gasteiger partial charge in [0.25, 0.3) is 0 Å². The van der Waals surface area contributed by atoms with Crippen LogP contribution in [0.5, 0.6) is 0 Å². The third-order valence-electron chi connectivity index (χ3n) is 3.08. The number of fused-ring (bicyclic) bond motifs is 1. The summed E-state index contributed by atoms with van der Waals surface area (Å²) in [4.78, 5) is 9.88. The summed E-state index contributed by atoms with van der Waals surface area (Å²) in [5.74, 6) is 5.71. The minimum Gasteiger partial charge on any atom is -0.271 e. The van der Waals surface area contributed by atoms with Gasteiger partial charge in [0.1, 0.15) is 0 Å². The number of nitrogens with zero attached hydrogens (tertiary/aromatic N) is 2. The molecule has 1 aromatic carbocycles. The lowest BCUT2D eigenvalue weighted by Gasteiger charge is -2.15. The zero-order valence-electron chi connectivity index (χ0n) is 10.5. The SMILES string of the molecule is Cc1cc(C(NN)c2ccc3nccnc3c2)cs1. The van der Waals surface area contributed by atoms with Crippen molar-refractivity contribution in [1.82, 2.24) is 15.4 Å². The van der Waals surface area contributed by atoms with Crippen molar-refractivity contribution >= 4 is 22.4 Å². The van der Waals surface area contributed by atoms with Crippen molar-refractivity contribution < 1.29 is 0 Å². The number of nitrogens with two attached hydrogens (primary N) is 1. The maximum atomic E-state index is 5.71. The molecule has 0 bridgehead atoms. The zero-order chi connectivity index (χ0) is 13.2. The zero-order valence-corrected chi connectivity index (χ0v) is 11.3. The van der Waals surface area contributed by atoms with Crippen LogP contribution in [0, 0.1) is 6.92 Å². The number of hydrazine groups is 1. The van der Waals surface area contributed by atoms with Crippen molar-refractivity contribution in [3.63, 3.8) is 0 Å². The summed E-state index contributed by atoms with van der Waals surface area (Å²) in [5, 5.41) is 2.13. The van der Waals surface area contributed by atoms with E-state index in [1.54, 1.807) is 23.7 Å². The number of aryl methyl sites for hydroxylation is 1. The minimum absolute atomic E-state index is 0.0173. The normalized spacial score (nSPS) is 12.7. The smallest absolute Gasteiger partial charge is 0.0890 e. The average molecular weight is 270 g/mol. The van der Waals surface area contributed by atoms with Crippen LogP contribution in [0.4, 0.5) is 0 Å². The van der Waals surface area contributed by atoms with Crippen molar-refractivity contribution in [2.24, 2.45) is 5.84 Å². The fourth-order valence-corrected chi connectivity index (χ4v) is 2.89. The van der Waals surface area contributed by atoms with E-state index in [0.717, 1.165) is 16.6 Å². The molecule has 2 heterocycles. The second-order valence-electron chi connectivity index (χ2n) is 4.39. The first-order chi connectivity index (χ1) is 9.28. The van der Waals surface area contributed by atoms with Crippen molar-refractivity contribution in [1.29, 1.82) is 0 Å². The molecule has 0 saturated carbocycles. The Hall–Kier alpha value is -1.82. The topological polar surface area (TPSA) is 63.8 Å². The summed E-state index contributed by atoms with van der Waals surface area (Å²) in [7, 11) is 0. The maximum Gasteiger partial charge on any atom is 0.0890 e. The molecule has 0 aliphatic carbocycles. The molecule has 0 amide bonds. The highest BCUT2D eigenvalue weighted by Crippen LogP contribution is 2.27. The third kappa shape index (κ3) is 2.35. The summed E-state index contributed by atoms with van der Waals surface area (Å²) in [6, 6.07) is 8.17. The second kappa shape index (κ2) is 5.05. The van der Waals surface area contributed by atoms with Gasteiger partial charge in [-0.05, 0) is 41.6 Å². The molecule has 3 aromatic rings. The molecule has 0 spiro atoms. The summed E-state index contributed by atoms with van der Waals surface area (Å²) in [6.07, 6.45) is 3.40. The lowest BCUT2D eigenvalue weighted by Crippen LogP contribution is -2.28. The number of aromatic nitrogens is 2. The monoisotopic (exact) mass is 270 g/mol. The quantitative estimate of drug-likeness (QED) is 0.567. The van der Waals surface area contributed by atoms with Gasteiger partial charge in [-0.25, -0.2) is 5.43 Å². The third-order valence-corrected chi connectivity index (χ3v) is 3.96. The van der Waals surface area contributed by atoms with Crippen molar-refractivity contribution in [3.8, 4) is 0 Å². The highest BCUT2D eigenvalue weighted by atomic mass is 32.1. The van der Waals surface area contributed by atoms with E-state index in [1.807, 2.05) is 18.2 Å². The first-order valence-electron chi connectivity index (χ1n) is 6.00. The highest BCUT2D eigenvalue weighted by molar-refractivity contribution is 7.10. The molecule has 96 valence electrons. The van der Waals surface area contributed by atoms with Crippen LogP contribution in [-0.4, -0.2) is 9.97 Å². The van der Waals surface area contributed by atoms with Crippen LogP contribution in [0.25, 0.3) is 11.0 Å². The van der Waals surface area contributed by atoms with Crippen LogP contribution in [0.1, 0.15) is 22.0 Å². The van der Waals surface area contributed by atoms with Crippen LogP contribution < -0.4 is 11.3 Å². The van der Waals surface area contributed by atoms with Crippen LogP contribution in [0.3, 0.4) is 0 Å². The van der Waals surface area contributed by atoms with Gasteiger partial charge in [-0.15, -0.1) is 11.3 Å². The van der Waals surface area contributed by atoms with E-state index in [4.69, 9.17) is 5.84 Å². The van der Waals surface area contributed by atoms with E-state index in [2.05, 4.69) is 33.8 Å². The van der Waals surface area contributed by atoms with Gasteiger partial charge in [0.05, 0.1) is 17.1 Å². The molecule has 0 saturated heterocycles. The van der Waals surface area contributed by atoms with E-state index < -0.39 is 0 Å². The molecule has 1 unspecified atom stereocenters. The Bertz CT molecular complexity index is 707. The Morgan fingerprint density at radius 1 is 1.11 bits per heavy atom. The molecule has 4 nitrogen and oxygen atoms in total. The van der Waals surface area contributed by atoms with E-state index in [-0.39, 0.29) is 6.04 Å². The fourth-order valence-electron chi connectivity index (χ4n) is 2.16. The number of benzene rings is 1. The maximum absolute atomic E-state index is 5.71. The molecule has 0 aliphatic rings. The van der Waals surface area contributed by atoms with Crippen LogP contribution in [-0.2, 0) is 0 Å². The van der Waals surface area contributed by atoms with E-state index in [9.17, 15) is 0 Å². The molecule has 1 atom stereocenters. The van der Waals surface area contributed by atoms with Crippen LogP contribution in [0.15, 0.2) is 42.0 Å².